The normalized spacial score (nSPS) is 14.5. The number of carbonyl (C=O) groups is 1. The third kappa shape index (κ3) is 5.21. The first-order valence-corrected chi connectivity index (χ1v) is 9.51. The molecule has 0 fully saturated rings. The van der Waals surface area contributed by atoms with E-state index in [1.807, 2.05) is 0 Å². The smallest absolute Gasteiger partial charge is 0.416 e. The topological polar surface area (TPSA) is 66.1 Å². The second-order valence-corrected chi connectivity index (χ2v) is 7.45. The molecule has 29 heavy (non-hydrogen) atoms. The number of carbonyl (C=O) groups excluding carboxylic acids is 1. The zero-order valence-electron chi connectivity index (χ0n) is 14.3. The van der Waals surface area contributed by atoms with E-state index >= 15 is 0 Å². The molecule has 2 atom stereocenters. The van der Waals surface area contributed by atoms with Crippen molar-refractivity contribution in [2.45, 2.75) is 29.1 Å². The van der Waals surface area contributed by atoms with Gasteiger partial charge in [-0.3, -0.25) is 9.36 Å². The molecular weight excluding hydrogens is 544 g/mol. The second-order valence-electron chi connectivity index (χ2n) is 5.52. The molecule has 1 aromatic heterocycles. The van der Waals surface area contributed by atoms with Crippen LogP contribution in [0.4, 0.5) is 26.3 Å². The predicted octanol–water partition coefficient (Wildman–Crippen LogP) is 4.29. The third-order valence-electron chi connectivity index (χ3n) is 3.53. The summed E-state index contributed by atoms with van der Waals surface area (Å²) in [5, 5.41) is 3.57. The molecule has 0 aliphatic rings. The van der Waals surface area contributed by atoms with Crippen molar-refractivity contribution in [2.24, 2.45) is 0 Å². The van der Waals surface area contributed by atoms with E-state index in [0.717, 1.165) is 10.9 Å². The molecule has 6 nitrogen and oxygen atoms in total. The SMILES string of the molecule is CCOC(=O)C(Br)C(Br)n1cnn(-c2cc(C(F)(F)F)cc(C(F)(F)F)c2)c1=O. The lowest BCUT2D eigenvalue weighted by atomic mass is 10.1. The Morgan fingerprint density at radius 2 is 1.62 bits per heavy atom. The number of halogens is 8. The van der Waals surface area contributed by atoms with Crippen LogP contribution >= 0.6 is 31.9 Å². The summed E-state index contributed by atoms with van der Waals surface area (Å²) in [6, 6.07) is 0.677. The third-order valence-corrected chi connectivity index (χ3v) is 6.08. The van der Waals surface area contributed by atoms with Crippen molar-refractivity contribution in [3.05, 3.63) is 46.1 Å². The van der Waals surface area contributed by atoms with Crippen LogP contribution < -0.4 is 5.69 Å². The molecule has 1 aromatic carbocycles. The number of ether oxygens (including phenoxy) is 1. The maximum atomic E-state index is 13.0. The van der Waals surface area contributed by atoms with Crippen LogP contribution in [0.2, 0.25) is 0 Å². The highest BCUT2D eigenvalue weighted by atomic mass is 79.9. The first kappa shape index (κ1) is 23.4. The van der Waals surface area contributed by atoms with Crippen molar-refractivity contribution in [3.63, 3.8) is 0 Å². The largest absolute Gasteiger partial charge is 0.465 e. The van der Waals surface area contributed by atoms with Crippen molar-refractivity contribution in [1.82, 2.24) is 14.3 Å². The van der Waals surface area contributed by atoms with Gasteiger partial charge in [0.25, 0.3) is 0 Å². The van der Waals surface area contributed by atoms with Gasteiger partial charge >= 0.3 is 24.0 Å². The summed E-state index contributed by atoms with van der Waals surface area (Å²) in [4.78, 5) is 22.1. The number of aromatic nitrogens is 3. The highest BCUT2D eigenvalue weighted by Crippen LogP contribution is 2.37. The summed E-state index contributed by atoms with van der Waals surface area (Å²) >= 11 is 6.06. The molecule has 0 aliphatic heterocycles. The average molecular weight is 555 g/mol. The van der Waals surface area contributed by atoms with Gasteiger partial charge in [-0.05, 0) is 25.1 Å². The average Bonchev–Trinajstić information content (AvgIpc) is 3.00. The van der Waals surface area contributed by atoms with Crippen LogP contribution in [0.15, 0.2) is 29.3 Å². The van der Waals surface area contributed by atoms with E-state index in [1.54, 1.807) is 6.92 Å². The van der Waals surface area contributed by atoms with E-state index in [0.29, 0.717) is 16.8 Å². The van der Waals surface area contributed by atoms with Crippen molar-refractivity contribution in [2.75, 3.05) is 6.61 Å². The maximum Gasteiger partial charge on any atom is 0.416 e. The van der Waals surface area contributed by atoms with Crippen molar-refractivity contribution in [3.8, 4) is 5.69 Å². The molecule has 0 bridgehead atoms. The van der Waals surface area contributed by atoms with Gasteiger partial charge in [-0.15, -0.1) is 0 Å². The van der Waals surface area contributed by atoms with Gasteiger partial charge in [0, 0.05) is 0 Å². The molecule has 0 N–H and O–H groups in total. The molecule has 0 amide bonds. The molecule has 0 aliphatic carbocycles. The number of rotatable bonds is 5. The Labute approximate surface area is 175 Å². The summed E-state index contributed by atoms with van der Waals surface area (Å²) in [6.45, 7) is 1.61. The Balaban J connectivity index is 2.54. The quantitative estimate of drug-likeness (QED) is 0.314. The Hall–Kier alpha value is -1.83. The summed E-state index contributed by atoms with van der Waals surface area (Å²) < 4.78 is 84.0. The molecule has 2 rings (SSSR count). The summed E-state index contributed by atoms with van der Waals surface area (Å²) in [6.07, 6.45) is -9.29. The van der Waals surface area contributed by atoms with Crippen LogP contribution in [-0.4, -0.2) is 31.8 Å². The monoisotopic (exact) mass is 553 g/mol. The number of hydrogen-bond donors (Lipinski definition) is 0. The predicted molar refractivity (Wildman–Crippen MR) is 95.1 cm³/mol. The Morgan fingerprint density at radius 3 is 2.07 bits per heavy atom. The highest BCUT2D eigenvalue weighted by molar-refractivity contribution is 9.12. The lowest BCUT2D eigenvalue weighted by Crippen LogP contribution is -2.32. The van der Waals surface area contributed by atoms with Crippen LogP contribution in [0.25, 0.3) is 5.69 Å². The number of nitrogens with zero attached hydrogens (tertiary/aromatic N) is 3. The number of benzene rings is 1. The summed E-state index contributed by atoms with van der Waals surface area (Å²) in [5.74, 6) is -0.743. The van der Waals surface area contributed by atoms with E-state index in [9.17, 15) is 35.9 Å². The van der Waals surface area contributed by atoms with Crippen molar-refractivity contribution in [1.29, 1.82) is 0 Å². The van der Waals surface area contributed by atoms with E-state index in [2.05, 4.69) is 37.0 Å². The molecule has 0 saturated heterocycles. The van der Waals surface area contributed by atoms with Crippen LogP contribution in [0.5, 0.6) is 0 Å². The first-order valence-electron chi connectivity index (χ1n) is 7.68. The molecule has 0 radical (unpaired) electrons. The van der Waals surface area contributed by atoms with E-state index < -0.39 is 50.6 Å². The Morgan fingerprint density at radius 1 is 1.10 bits per heavy atom. The highest BCUT2D eigenvalue weighted by Gasteiger charge is 2.37. The minimum Gasteiger partial charge on any atom is -0.465 e. The minimum absolute atomic E-state index is 0.0548. The van der Waals surface area contributed by atoms with E-state index in [4.69, 9.17) is 4.74 Å². The van der Waals surface area contributed by atoms with Gasteiger partial charge in [0.15, 0.2) is 0 Å². The Kier molecular flexibility index (Phi) is 6.87. The molecule has 0 saturated carbocycles. The molecule has 1 heterocycles. The van der Waals surface area contributed by atoms with Gasteiger partial charge in [0.2, 0.25) is 0 Å². The van der Waals surface area contributed by atoms with Gasteiger partial charge < -0.3 is 4.74 Å². The van der Waals surface area contributed by atoms with Gasteiger partial charge in [-0.25, -0.2) is 4.79 Å². The van der Waals surface area contributed by atoms with Crippen LogP contribution in [0.1, 0.15) is 23.0 Å². The zero-order chi connectivity index (χ0) is 22.1. The fraction of sp³-hybridized carbons (Fsp3) is 0.400. The molecular formula is C15H11Br2F6N3O3. The summed E-state index contributed by atoms with van der Waals surface area (Å²) in [7, 11) is 0. The van der Waals surface area contributed by atoms with Crippen LogP contribution in [-0.2, 0) is 21.9 Å². The van der Waals surface area contributed by atoms with Gasteiger partial charge in [0.1, 0.15) is 16.1 Å². The minimum atomic E-state index is -5.08. The number of esters is 1. The van der Waals surface area contributed by atoms with Crippen LogP contribution in [0, 0.1) is 0 Å². The summed E-state index contributed by atoms with van der Waals surface area (Å²) in [5.41, 5.74) is -5.00. The second kappa shape index (κ2) is 8.50. The maximum absolute atomic E-state index is 13.0. The molecule has 2 aromatic rings. The Bertz CT molecular complexity index is 922. The first-order chi connectivity index (χ1) is 13.3. The van der Waals surface area contributed by atoms with Gasteiger partial charge in [0.05, 0.1) is 23.4 Å². The number of hydrogen-bond acceptors (Lipinski definition) is 4. The standard InChI is InChI=1S/C15H11Br2F6N3O3/c1-2-29-12(27)10(16)11(17)25-6-24-26(13(25)28)9-4-7(14(18,19)20)3-8(5-9)15(21,22)23/h3-6,10-11H,2H2,1H3. The van der Waals surface area contributed by atoms with E-state index in [1.165, 1.54) is 0 Å². The van der Waals surface area contributed by atoms with Crippen molar-refractivity contribution >= 4 is 37.8 Å². The van der Waals surface area contributed by atoms with Crippen molar-refractivity contribution < 1.29 is 35.9 Å². The molecule has 14 heteroatoms. The van der Waals surface area contributed by atoms with Gasteiger partial charge in [-0.2, -0.15) is 36.1 Å². The molecule has 2 unspecified atom stereocenters. The fourth-order valence-electron chi connectivity index (χ4n) is 2.20. The zero-order valence-corrected chi connectivity index (χ0v) is 17.4. The van der Waals surface area contributed by atoms with E-state index in [-0.39, 0.29) is 12.7 Å². The molecule has 160 valence electrons. The lowest BCUT2D eigenvalue weighted by Gasteiger charge is -2.15. The van der Waals surface area contributed by atoms with Crippen LogP contribution in [0.3, 0.4) is 0 Å². The number of alkyl halides is 8. The lowest BCUT2D eigenvalue weighted by molar-refractivity contribution is -0.144. The molecule has 0 spiro atoms. The fourth-order valence-corrected chi connectivity index (χ4v) is 3.08. The van der Waals surface area contributed by atoms with Gasteiger partial charge in [-0.1, -0.05) is 31.9 Å².